The van der Waals surface area contributed by atoms with Crippen LogP contribution < -0.4 is 0 Å². The fraction of sp³-hybridized carbons (Fsp3) is 0.250. The maximum absolute atomic E-state index is 9.12. The zero-order chi connectivity index (χ0) is 11.0. The van der Waals surface area contributed by atoms with Crippen LogP contribution in [-0.4, -0.2) is 10.1 Å². The van der Waals surface area contributed by atoms with Crippen LogP contribution in [0, 0.1) is 13.8 Å². The first-order valence-electron chi connectivity index (χ1n) is 4.81. The van der Waals surface area contributed by atoms with Gasteiger partial charge in [-0.2, -0.15) is 0 Å². The van der Waals surface area contributed by atoms with Gasteiger partial charge in [-0.25, -0.2) is 4.98 Å². The van der Waals surface area contributed by atoms with E-state index in [1.807, 2.05) is 26.0 Å². The number of rotatable bonds is 1. The molecule has 1 aromatic carbocycles. The monoisotopic (exact) mass is 203 g/mol. The lowest BCUT2D eigenvalue weighted by molar-refractivity contribution is 0.417. The zero-order valence-electron chi connectivity index (χ0n) is 9.03. The van der Waals surface area contributed by atoms with Crippen molar-refractivity contribution >= 4 is 17.2 Å². The Hall–Kier alpha value is -1.77. The van der Waals surface area contributed by atoms with E-state index < -0.39 is 0 Å². The highest BCUT2D eigenvalue weighted by molar-refractivity contribution is 5.78. The second kappa shape index (κ2) is 3.42. The van der Waals surface area contributed by atoms with Crippen LogP contribution in [0.4, 0.5) is 0 Å². The highest BCUT2D eigenvalue weighted by Gasteiger charge is 2.07. The van der Waals surface area contributed by atoms with Gasteiger partial charge in [-0.05, 0) is 38.0 Å². The number of aliphatic hydroxyl groups excluding tert-OH is 1. The summed E-state index contributed by atoms with van der Waals surface area (Å²) in [5.74, 6) is 0.634. The minimum atomic E-state index is 0.191. The number of hydrogen-bond donors (Lipinski definition) is 1. The summed E-state index contributed by atoms with van der Waals surface area (Å²) in [6, 6.07) is 4.02. The third-order valence-electron chi connectivity index (χ3n) is 2.17. The Kier molecular flexibility index (Phi) is 2.23. The van der Waals surface area contributed by atoms with E-state index in [0.717, 1.165) is 22.2 Å². The van der Waals surface area contributed by atoms with Gasteiger partial charge in [0.1, 0.15) is 5.52 Å². The molecule has 78 valence electrons. The van der Waals surface area contributed by atoms with Gasteiger partial charge >= 0.3 is 0 Å². The summed E-state index contributed by atoms with van der Waals surface area (Å²) in [6.07, 6.45) is 1.51. The molecule has 0 aliphatic heterocycles. The van der Waals surface area contributed by atoms with Crippen LogP contribution in [0.5, 0.6) is 0 Å². The Morgan fingerprint density at radius 3 is 2.80 bits per heavy atom. The van der Waals surface area contributed by atoms with Gasteiger partial charge < -0.3 is 9.52 Å². The molecule has 1 N–H and O–H groups in total. The van der Waals surface area contributed by atoms with Crippen LogP contribution in [0.3, 0.4) is 0 Å². The molecule has 1 aromatic heterocycles. The Balaban J connectivity index is 2.65. The van der Waals surface area contributed by atoms with Gasteiger partial charge in [-0.3, -0.25) is 0 Å². The molecular formula is C12H13NO2. The average Bonchev–Trinajstić information content (AvgIpc) is 2.45. The first-order chi connectivity index (χ1) is 7.06. The number of benzene rings is 1. The molecule has 2 rings (SSSR count). The maximum Gasteiger partial charge on any atom is 0.223 e. The number of aromatic nitrogens is 1. The molecule has 3 nitrogen and oxygen atoms in total. The summed E-state index contributed by atoms with van der Waals surface area (Å²) in [5, 5.41) is 9.12. The van der Waals surface area contributed by atoms with Crippen LogP contribution in [0.2, 0.25) is 0 Å². The fourth-order valence-electron chi connectivity index (χ4n) is 1.63. The van der Waals surface area contributed by atoms with Crippen LogP contribution >= 0.6 is 0 Å². The first kappa shape index (κ1) is 9.77. The van der Waals surface area contributed by atoms with Crippen molar-refractivity contribution in [2.24, 2.45) is 0 Å². The van der Waals surface area contributed by atoms with Crippen LogP contribution in [-0.2, 0) is 0 Å². The lowest BCUT2D eigenvalue weighted by atomic mass is 10.1. The quantitative estimate of drug-likeness (QED) is 0.723. The molecule has 0 spiro atoms. The molecule has 2 aromatic rings. The van der Waals surface area contributed by atoms with Crippen molar-refractivity contribution in [1.29, 1.82) is 0 Å². The van der Waals surface area contributed by atoms with Crippen molar-refractivity contribution in [3.05, 3.63) is 34.9 Å². The second-order valence-electron chi connectivity index (χ2n) is 3.77. The Morgan fingerprint density at radius 2 is 2.13 bits per heavy atom. The highest BCUT2D eigenvalue weighted by atomic mass is 16.3. The first-order valence-corrected chi connectivity index (χ1v) is 4.81. The molecule has 0 atom stereocenters. The lowest BCUT2D eigenvalue weighted by Gasteiger charge is -1.94. The molecule has 3 heteroatoms. The van der Waals surface area contributed by atoms with Gasteiger partial charge in [0.2, 0.25) is 5.89 Å². The summed E-state index contributed by atoms with van der Waals surface area (Å²) >= 11 is 0. The van der Waals surface area contributed by atoms with E-state index in [2.05, 4.69) is 4.98 Å². The van der Waals surface area contributed by atoms with Crippen molar-refractivity contribution in [2.45, 2.75) is 20.8 Å². The third kappa shape index (κ3) is 1.86. The molecule has 15 heavy (non-hydrogen) atoms. The molecule has 0 bridgehead atoms. The van der Waals surface area contributed by atoms with Gasteiger partial charge in [-0.1, -0.05) is 6.07 Å². The molecule has 0 saturated carbocycles. The molecule has 0 amide bonds. The van der Waals surface area contributed by atoms with Gasteiger partial charge in [0, 0.05) is 6.08 Å². The van der Waals surface area contributed by atoms with E-state index in [9.17, 15) is 0 Å². The summed E-state index contributed by atoms with van der Waals surface area (Å²) in [7, 11) is 0. The topological polar surface area (TPSA) is 46.3 Å². The molecular weight excluding hydrogens is 190 g/mol. The van der Waals surface area contributed by atoms with E-state index in [0.29, 0.717) is 5.89 Å². The fourth-order valence-corrected chi connectivity index (χ4v) is 1.63. The van der Waals surface area contributed by atoms with E-state index >= 15 is 0 Å². The number of allylic oxidation sites excluding steroid dienone is 1. The second-order valence-corrected chi connectivity index (χ2v) is 3.77. The van der Waals surface area contributed by atoms with Gasteiger partial charge in [0.15, 0.2) is 5.58 Å². The molecule has 0 saturated heterocycles. The predicted molar refractivity (Wildman–Crippen MR) is 59.8 cm³/mol. The smallest absolute Gasteiger partial charge is 0.223 e. The summed E-state index contributed by atoms with van der Waals surface area (Å²) in [4.78, 5) is 4.27. The summed E-state index contributed by atoms with van der Waals surface area (Å²) < 4.78 is 5.52. The SMILES string of the molecule is C/C(O)=C/c1nc2cc(C)cc(C)c2o1. The predicted octanol–water partition coefficient (Wildman–Crippen LogP) is 3.36. The van der Waals surface area contributed by atoms with Gasteiger partial charge in [-0.15, -0.1) is 0 Å². The molecule has 0 unspecified atom stereocenters. The Labute approximate surface area is 88.1 Å². The Bertz CT molecular complexity index is 534. The van der Waals surface area contributed by atoms with E-state index in [1.54, 1.807) is 6.92 Å². The molecule has 0 aliphatic carbocycles. The molecule has 0 radical (unpaired) electrons. The number of aryl methyl sites for hydroxylation is 2. The average molecular weight is 203 g/mol. The standard InChI is InChI=1S/C12H13NO2/c1-7-4-8(2)12-10(5-7)13-11(15-12)6-9(3)14/h4-6,14H,1-3H3/b9-6-. The maximum atomic E-state index is 9.12. The van der Waals surface area contributed by atoms with Crippen molar-refractivity contribution in [1.82, 2.24) is 4.98 Å². The van der Waals surface area contributed by atoms with Crippen molar-refractivity contribution in [3.63, 3.8) is 0 Å². The van der Waals surface area contributed by atoms with Crippen molar-refractivity contribution in [2.75, 3.05) is 0 Å². The van der Waals surface area contributed by atoms with Crippen molar-refractivity contribution < 1.29 is 9.52 Å². The summed E-state index contributed by atoms with van der Waals surface area (Å²) in [6.45, 7) is 5.60. The van der Waals surface area contributed by atoms with E-state index in [1.165, 1.54) is 6.08 Å². The van der Waals surface area contributed by atoms with Crippen LogP contribution in [0.25, 0.3) is 17.2 Å². The lowest BCUT2D eigenvalue weighted by Crippen LogP contribution is -1.77. The minimum Gasteiger partial charge on any atom is -0.512 e. The van der Waals surface area contributed by atoms with Crippen LogP contribution in [0.15, 0.2) is 22.3 Å². The van der Waals surface area contributed by atoms with Gasteiger partial charge in [0.05, 0.1) is 5.76 Å². The largest absolute Gasteiger partial charge is 0.512 e. The zero-order valence-corrected chi connectivity index (χ0v) is 9.03. The van der Waals surface area contributed by atoms with Crippen molar-refractivity contribution in [3.8, 4) is 0 Å². The minimum absolute atomic E-state index is 0.191. The third-order valence-corrected chi connectivity index (χ3v) is 2.17. The van der Waals surface area contributed by atoms with Gasteiger partial charge in [0.25, 0.3) is 0 Å². The number of oxazole rings is 1. The molecule has 0 aliphatic rings. The van der Waals surface area contributed by atoms with E-state index in [4.69, 9.17) is 9.52 Å². The number of aliphatic hydroxyl groups is 1. The highest BCUT2D eigenvalue weighted by Crippen LogP contribution is 2.22. The van der Waals surface area contributed by atoms with Crippen LogP contribution in [0.1, 0.15) is 23.9 Å². The normalized spacial score (nSPS) is 12.3. The number of fused-ring (bicyclic) bond motifs is 1. The Morgan fingerprint density at radius 1 is 1.40 bits per heavy atom. The number of hydrogen-bond acceptors (Lipinski definition) is 3. The molecule has 1 heterocycles. The number of nitrogens with zero attached hydrogens (tertiary/aromatic N) is 1. The molecule has 0 fully saturated rings. The van der Waals surface area contributed by atoms with E-state index in [-0.39, 0.29) is 5.76 Å². The summed E-state index contributed by atoms with van der Waals surface area (Å²) in [5.41, 5.74) is 3.84.